The van der Waals surface area contributed by atoms with Gasteiger partial charge < -0.3 is 14.4 Å². The van der Waals surface area contributed by atoms with Crippen molar-refractivity contribution < 1.29 is 14.6 Å². The topological polar surface area (TPSA) is 107 Å². The highest BCUT2D eigenvalue weighted by molar-refractivity contribution is 6.05. The number of anilines is 1. The number of rotatable bonds is 9. The predicted molar refractivity (Wildman–Crippen MR) is 140 cm³/mol. The van der Waals surface area contributed by atoms with Crippen LogP contribution in [0.3, 0.4) is 0 Å². The molecule has 0 atom stereocenters. The van der Waals surface area contributed by atoms with Crippen molar-refractivity contribution >= 4 is 22.9 Å². The van der Waals surface area contributed by atoms with Gasteiger partial charge in [0.2, 0.25) is 5.95 Å². The number of ether oxygens (including phenoxy) is 1. The largest absolute Gasteiger partial charge is 0.383 e. The van der Waals surface area contributed by atoms with Crippen LogP contribution in [0.4, 0.5) is 5.95 Å². The minimum atomic E-state index is -1.53. The molecule has 9 nitrogen and oxygen atoms in total. The lowest BCUT2D eigenvalue weighted by molar-refractivity contribution is 0.102. The van der Waals surface area contributed by atoms with Crippen LogP contribution in [0.25, 0.3) is 11.0 Å². The van der Waals surface area contributed by atoms with Gasteiger partial charge in [-0.15, -0.1) is 5.10 Å². The van der Waals surface area contributed by atoms with Gasteiger partial charge in [-0.05, 0) is 36.2 Å². The van der Waals surface area contributed by atoms with E-state index in [1.165, 1.54) is 0 Å². The van der Waals surface area contributed by atoms with E-state index in [4.69, 9.17) is 9.72 Å². The van der Waals surface area contributed by atoms with Gasteiger partial charge in [0.05, 0.1) is 17.6 Å². The Morgan fingerprint density at radius 1 is 1.03 bits per heavy atom. The molecule has 1 amide bonds. The van der Waals surface area contributed by atoms with Gasteiger partial charge in [-0.1, -0.05) is 60.7 Å². The van der Waals surface area contributed by atoms with Crippen molar-refractivity contribution in [2.75, 3.05) is 19.0 Å². The van der Waals surface area contributed by atoms with E-state index in [2.05, 4.69) is 15.4 Å². The molecule has 9 heteroatoms. The normalized spacial score (nSPS) is 11.6. The monoisotopic (exact) mass is 496 g/mol. The summed E-state index contributed by atoms with van der Waals surface area (Å²) >= 11 is 0. The molecule has 0 spiro atoms. The second-order valence-electron chi connectivity index (χ2n) is 8.60. The molecule has 5 rings (SSSR count). The Kier molecular flexibility index (Phi) is 6.80. The maximum absolute atomic E-state index is 13.0. The fourth-order valence-electron chi connectivity index (χ4n) is 4.41. The fraction of sp³-hybridized carbons (Fsp3) is 0.214. The molecule has 5 aromatic rings. The molecule has 0 aliphatic rings. The Morgan fingerprint density at radius 2 is 1.70 bits per heavy atom. The summed E-state index contributed by atoms with van der Waals surface area (Å²) in [5, 5.41) is 19.4. The van der Waals surface area contributed by atoms with Crippen LogP contribution >= 0.6 is 0 Å². The van der Waals surface area contributed by atoms with E-state index >= 15 is 0 Å². The Labute approximate surface area is 214 Å². The lowest BCUT2D eigenvalue weighted by atomic mass is 9.85. The molecule has 2 N–H and O–H groups in total. The van der Waals surface area contributed by atoms with E-state index in [0.29, 0.717) is 53.2 Å². The molecular formula is C28H28N6O3. The zero-order valence-electron chi connectivity index (χ0n) is 20.7. The first-order valence-electron chi connectivity index (χ1n) is 12.1. The van der Waals surface area contributed by atoms with E-state index in [9.17, 15) is 9.90 Å². The van der Waals surface area contributed by atoms with Gasteiger partial charge in [-0.25, -0.2) is 9.97 Å². The second kappa shape index (κ2) is 10.3. The Balaban J connectivity index is 1.64. The number of aliphatic hydroxyl groups is 1. The standard InChI is InChI=1S/C28H28N6O3/c1-3-33-19-29-27(32-33)31-25(35)20-14-15-23-24(18-20)34(16-17-37-2)26(30-23)28(36,21-10-6-4-7-11-21)22-12-8-5-9-13-22/h4-15,18-19,36H,3,16-17H2,1-2H3,(H,31,32,35). The molecule has 2 heterocycles. The highest BCUT2D eigenvalue weighted by Gasteiger charge is 2.39. The molecule has 0 unspecified atom stereocenters. The lowest BCUT2D eigenvalue weighted by Crippen LogP contribution is -2.33. The molecule has 0 aliphatic carbocycles. The van der Waals surface area contributed by atoms with Crippen molar-refractivity contribution in [1.29, 1.82) is 0 Å². The van der Waals surface area contributed by atoms with E-state index in [1.54, 1.807) is 36.3 Å². The summed E-state index contributed by atoms with van der Waals surface area (Å²) in [6, 6.07) is 24.2. The van der Waals surface area contributed by atoms with Gasteiger partial charge in [0.1, 0.15) is 6.33 Å². The quantitative estimate of drug-likeness (QED) is 0.321. The number of hydrogen-bond donors (Lipinski definition) is 2. The minimum absolute atomic E-state index is 0.239. The van der Waals surface area contributed by atoms with Crippen LogP contribution in [0, 0.1) is 0 Å². The van der Waals surface area contributed by atoms with E-state index in [0.717, 1.165) is 0 Å². The van der Waals surface area contributed by atoms with E-state index in [1.807, 2.05) is 72.2 Å². The number of nitrogens with one attached hydrogen (secondary N) is 1. The maximum Gasteiger partial charge on any atom is 0.258 e. The van der Waals surface area contributed by atoms with E-state index in [-0.39, 0.29) is 11.9 Å². The highest BCUT2D eigenvalue weighted by Crippen LogP contribution is 2.37. The van der Waals surface area contributed by atoms with Gasteiger partial charge in [0.25, 0.3) is 5.91 Å². The van der Waals surface area contributed by atoms with Gasteiger partial charge in [-0.3, -0.25) is 14.8 Å². The average molecular weight is 497 g/mol. The van der Waals surface area contributed by atoms with Crippen molar-refractivity contribution in [3.05, 3.63) is 108 Å². The number of carbonyl (C=O) groups excluding carboxylic acids is 1. The molecule has 188 valence electrons. The van der Waals surface area contributed by atoms with Crippen molar-refractivity contribution in [2.24, 2.45) is 0 Å². The molecular weight excluding hydrogens is 468 g/mol. The van der Waals surface area contributed by atoms with Crippen LogP contribution in [0.1, 0.15) is 34.2 Å². The van der Waals surface area contributed by atoms with Gasteiger partial charge in [-0.2, -0.15) is 0 Å². The molecule has 2 aromatic heterocycles. The van der Waals surface area contributed by atoms with Crippen LogP contribution in [0.15, 0.2) is 85.2 Å². The maximum atomic E-state index is 13.0. The summed E-state index contributed by atoms with van der Waals surface area (Å²) in [7, 11) is 1.63. The first-order chi connectivity index (χ1) is 18.0. The van der Waals surface area contributed by atoms with E-state index < -0.39 is 5.60 Å². The number of aryl methyl sites for hydroxylation is 1. The number of amides is 1. The first-order valence-corrected chi connectivity index (χ1v) is 12.1. The molecule has 0 bridgehead atoms. The number of fused-ring (bicyclic) bond motifs is 1. The molecule has 0 saturated heterocycles. The molecule has 37 heavy (non-hydrogen) atoms. The number of benzene rings is 3. The first kappa shape index (κ1) is 24.4. The van der Waals surface area contributed by atoms with Crippen molar-refractivity contribution in [1.82, 2.24) is 24.3 Å². The fourth-order valence-corrected chi connectivity index (χ4v) is 4.41. The number of methoxy groups -OCH3 is 1. The Bertz CT molecular complexity index is 1470. The number of carbonyl (C=O) groups is 1. The van der Waals surface area contributed by atoms with Crippen molar-refractivity contribution in [2.45, 2.75) is 25.6 Å². The molecule has 0 saturated carbocycles. The van der Waals surface area contributed by atoms with Crippen LogP contribution in [0.5, 0.6) is 0 Å². The third-order valence-corrected chi connectivity index (χ3v) is 6.32. The number of nitrogens with zero attached hydrogens (tertiary/aromatic N) is 5. The van der Waals surface area contributed by atoms with Gasteiger partial charge >= 0.3 is 0 Å². The second-order valence-corrected chi connectivity index (χ2v) is 8.60. The molecule has 3 aromatic carbocycles. The Hall–Kier alpha value is -4.34. The smallest absolute Gasteiger partial charge is 0.258 e. The number of aromatic nitrogens is 5. The molecule has 0 fully saturated rings. The zero-order chi connectivity index (χ0) is 25.8. The SMILES string of the molecule is CCn1cnc(NC(=O)c2ccc3nc(C(O)(c4ccccc4)c4ccccc4)n(CCOC)c3c2)n1. The van der Waals surface area contributed by atoms with Crippen LogP contribution in [-0.2, 0) is 23.4 Å². The number of hydrogen-bond acceptors (Lipinski definition) is 6. The summed E-state index contributed by atoms with van der Waals surface area (Å²) in [5.41, 5.74) is 1.62. The van der Waals surface area contributed by atoms with Crippen molar-refractivity contribution in [3.8, 4) is 0 Å². The van der Waals surface area contributed by atoms with Crippen LogP contribution in [-0.4, -0.2) is 49.0 Å². The minimum Gasteiger partial charge on any atom is -0.383 e. The average Bonchev–Trinajstić information content (AvgIpc) is 3.56. The predicted octanol–water partition coefficient (Wildman–Crippen LogP) is 3.83. The summed E-state index contributed by atoms with van der Waals surface area (Å²) in [6.07, 6.45) is 1.57. The van der Waals surface area contributed by atoms with Gasteiger partial charge in [0.15, 0.2) is 11.4 Å². The Morgan fingerprint density at radius 3 is 2.30 bits per heavy atom. The highest BCUT2D eigenvalue weighted by atomic mass is 16.5. The van der Waals surface area contributed by atoms with Crippen molar-refractivity contribution in [3.63, 3.8) is 0 Å². The summed E-state index contributed by atoms with van der Waals surface area (Å²) in [4.78, 5) is 22.0. The molecule has 0 aliphatic heterocycles. The lowest BCUT2D eigenvalue weighted by Gasteiger charge is -2.29. The summed E-state index contributed by atoms with van der Waals surface area (Å²) < 4.78 is 8.94. The molecule has 0 radical (unpaired) electrons. The summed E-state index contributed by atoms with van der Waals surface area (Å²) in [6.45, 7) is 3.42. The van der Waals surface area contributed by atoms with Crippen LogP contribution in [0.2, 0.25) is 0 Å². The van der Waals surface area contributed by atoms with Gasteiger partial charge in [0, 0.05) is 25.8 Å². The third kappa shape index (κ3) is 4.62. The van der Waals surface area contributed by atoms with Crippen LogP contribution < -0.4 is 5.32 Å². The number of imidazole rings is 1. The zero-order valence-corrected chi connectivity index (χ0v) is 20.7. The third-order valence-electron chi connectivity index (χ3n) is 6.32. The summed E-state index contributed by atoms with van der Waals surface area (Å²) in [5.74, 6) is 0.346.